The quantitative estimate of drug-likeness (QED) is 0.846. The standard InChI is InChI=1S/C16H25N5/c1-4-16-17-6-8-20(16)10-9-19-7-5-15(12-19)21-14(3)11-13(2)18-21/h6,8,11,15H,4-5,7,9-10,12H2,1-3H3/t15-/m1/s1. The minimum absolute atomic E-state index is 0.534. The third kappa shape index (κ3) is 3.02. The van der Waals surface area contributed by atoms with Crippen LogP contribution in [-0.2, 0) is 13.0 Å². The first-order chi connectivity index (χ1) is 10.2. The summed E-state index contributed by atoms with van der Waals surface area (Å²) in [7, 11) is 0. The van der Waals surface area contributed by atoms with E-state index in [4.69, 9.17) is 0 Å². The summed E-state index contributed by atoms with van der Waals surface area (Å²) in [4.78, 5) is 6.93. The van der Waals surface area contributed by atoms with Crippen LogP contribution in [-0.4, -0.2) is 43.9 Å². The summed E-state index contributed by atoms with van der Waals surface area (Å²) in [5, 5.41) is 4.64. The highest BCUT2D eigenvalue weighted by Crippen LogP contribution is 2.22. The van der Waals surface area contributed by atoms with Crippen molar-refractivity contribution in [2.45, 2.75) is 46.2 Å². The Kier molecular flexibility index (Phi) is 4.10. The van der Waals surface area contributed by atoms with Crippen molar-refractivity contribution in [2.24, 2.45) is 0 Å². The lowest BCUT2D eigenvalue weighted by Crippen LogP contribution is -2.26. The molecule has 3 heterocycles. The summed E-state index contributed by atoms with van der Waals surface area (Å²) in [6, 6.07) is 2.70. The largest absolute Gasteiger partial charge is 0.334 e. The first kappa shape index (κ1) is 14.3. The molecule has 1 fully saturated rings. The van der Waals surface area contributed by atoms with Gasteiger partial charge in [-0.25, -0.2) is 4.98 Å². The fraction of sp³-hybridized carbons (Fsp3) is 0.625. The van der Waals surface area contributed by atoms with Crippen molar-refractivity contribution in [1.29, 1.82) is 0 Å². The number of aryl methyl sites for hydroxylation is 3. The van der Waals surface area contributed by atoms with Gasteiger partial charge in [0.1, 0.15) is 5.82 Å². The van der Waals surface area contributed by atoms with E-state index in [0.29, 0.717) is 6.04 Å². The van der Waals surface area contributed by atoms with Crippen LogP contribution in [0.4, 0.5) is 0 Å². The van der Waals surface area contributed by atoms with Crippen molar-refractivity contribution >= 4 is 0 Å². The number of imidazole rings is 1. The lowest BCUT2D eigenvalue weighted by molar-refractivity contribution is 0.303. The minimum atomic E-state index is 0.534. The van der Waals surface area contributed by atoms with Crippen LogP contribution < -0.4 is 0 Å². The Labute approximate surface area is 126 Å². The molecule has 5 nitrogen and oxygen atoms in total. The van der Waals surface area contributed by atoms with Gasteiger partial charge in [0.2, 0.25) is 0 Å². The van der Waals surface area contributed by atoms with Gasteiger partial charge >= 0.3 is 0 Å². The van der Waals surface area contributed by atoms with Crippen molar-refractivity contribution in [2.75, 3.05) is 19.6 Å². The van der Waals surface area contributed by atoms with Crippen LogP contribution in [0.25, 0.3) is 0 Å². The molecule has 0 saturated carbocycles. The summed E-state index contributed by atoms with van der Waals surface area (Å²) in [5.41, 5.74) is 2.40. The van der Waals surface area contributed by atoms with Gasteiger partial charge in [-0.15, -0.1) is 0 Å². The zero-order valence-electron chi connectivity index (χ0n) is 13.3. The Morgan fingerprint density at radius 1 is 1.29 bits per heavy atom. The second-order valence-corrected chi connectivity index (χ2v) is 6.01. The SMILES string of the molecule is CCc1nccn1CCN1CC[C@@H](n2nc(C)cc2C)C1. The first-order valence-electron chi connectivity index (χ1n) is 7.92. The molecule has 3 rings (SSSR count). The Balaban J connectivity index is 1.56. The lowest BCUT2D eigenvalue weighted by Gasteiger charge is -2.18. The molecular weight excluding hydrogens is 262 g/mol. The zero-order valence-corrected chi connectivity index (χ0v) is 13.3. The fourth-order valence-electron chi connectivity index (χ4n) is 3.34. The van der Waals surface area contributed by atoms with Crippen LogP contribution >= 0.6 is 0 Å². The van der Waals surface area contributed by atoms with Gasteiger partial charge in [0.15, 0.2) is 0 Å². The maximum atomic E-state index is 4.64. The van der Waals surface area contributed by atoms with Crippen LogP contribution in [0.5, 0.6) is 0 Å². The molecule has 2 aromatic rings. The number of rotatable bonds is 5. The third-order valence-corrected chi connectivity index (χ3v) is 4.41. The van der Waals surface area contributed by atoms with E-state index in [9.17, 15) is 0 Å². The monoisotopic (exact) mass is 287 g/mol. The Morgan fingerprint density at radius 3 is 2.86 bits per heavy atom. The molecule has 0 bridgehead atoms. The van der Waals surface area contributed by atoms with Gasteiger partial charge in [-0.05, 0) is 26.3 Å². The van der Waals surface area contributed by atoms with E-state index in [-0.39, 0.29) is 0 Å². The molecule has 0 aromatic carbocycles. The molecule has 0 spiro atoms. The van der Waals surface area contributed by atoms with Crippen LogP contribution in [0.2, 0.25) is 0 Å². The highest BCUT2D eigenvalue weighted by atomic mass is 15.3. The van der Waals surface area contributed by atoms with Crippen LogP contribution in [0.15, 0.2) is 18.5 Å². The van der Waals surface area contributed by atoms with Crippen LogP contribution in [0, 0.1) is 13.8 Å². The van der Waals surface area contributed by atoms with Gasteiger partial charge in [0.05, 0.1) is 11.7 Å². The van der Waals surface area contributed by atoms with E-state index >= 15 is 0 Å². The minimum Gasteiger partial charge on any atom is -0.334 e. The van der Waals surface area contributed by atoms with Gasteiger partial charge in [-0.2, -0.15) is 5.10 Å². The van der Waals surface area contributed by atoms with E-state index in [1.807, 2.05) is 6.20 Å². The Hall–Kier alpha value is -1.62. The Bertz CT molecular complexity index is 598. The average Bonchev–Trinajstić information content (AvgIpc) is 3.16. The molecule has 0 amide bonds. The molecule has 0 aliphatic carbocycles. The molecule has 114 valence electrons. The van der Waals surface area contributed by atoms with Crippen molar-refractivity contribution < 1.29 is 0 Å². The van der Waals surface area contributed by atoms with Crippen LogP contribution in [0.3, 0.4) is 0 Å². The van der Waals surface area contributed by atoms with E-state index in [0.717, 1.165) is 31.7 Å². The maximum Gasteiger partial charge on any atom is 0.108 e. The summed E-state index contributed by atoms with van der Waals surface area (Å²) in [6.07, 6.45) is 6.20. The van der Waals surface area contributed by atoms with Crippen LogP contribution in [0.1, 0.15) is 36.6 Å². The lowest BCUT2D eigenvalue weighted by atomic mass is 10.2. The number of hydrogen-bond acceptors (Lipinski definition) is 3. The van der Waals surface area contributed by atoms with Gasteiger partial charge in [0, 0.05) is 50.7 Å². The molecule has 0 unspecified atom stereocenters. The highest BCUT2D eigenvalue weighted by molar-refractivity contribution is 5.08. The van der Waals surface area contributed by atoms with Crippen molar-refractivity contribution in [3.8, 4) is 0 Å². The molecule has 0 radical (unpaired) electrons. The van der Waals surface area contributed by atoms with E-state index in [2.05, 4.69) is 57.3 Å². The van der Waals surface area contributed by atoms with E-state index in [1.54, 1.807) is 0 Å². The van der Waals surface area contributed by atoms with Crippen molar-refractivity contribution in [3.63, 3.8) is 0 Å². The van der Waals surface area contributed by atoms with Crippen molar-refractivity contribution in [3.05, 3.63) is 35.7 Å². The molecular formula is C16H25N5. The summed E-state index contributed by atoms with van der Waals surface area (Å²) < 4.78 is 4.49. The smallest absolute Gasteiger partial charge is 0.108 e. The summed E-state index contributed by atoms with van der Waals surface area (Å²) in [5.74, 6) is 1.18. The van der Waals surface area contributed by atoms with E-state index in [1.165, 1.54) is 24.5 Å². The molecule has 2 aromatic heterocycles. The van der Waals surface area contributed by atoms with Gasteiger partial charge in [-0.1, -0.05) is 6.92 Å². The fourth-order valence-corrected chi connectivity index (χ4v) is 3.34. The molecule has 1 saturated heterocycles. The highest BCUT2D eigenvalue weighted by Gasteiger charge is 2.25. The molecule has 5 heteroatoms. The predicted octanol–water partition coefficient (Wildman–Crippen LogP) is 2.21. The predicted molar refractivity (Wildman–Crippen MR) is 83.4 cm³/mol. The third-order valence-electron chi connectivity index (χ3n) is 4.41. The maximum absolute atomic E-state index is 4.64. The normalized spacial score (nSPS) is 19.5. The number of likely N-dealkylation sites (tertiary alicyclic amines) is 1. The molecule has 0 N–H and O–H groups in total. The molecule has 21 heavy (non-hydrogen) atoms. The topological polar surface area (TPSA) is 38.9 Å². The molecule has 1 aliphatic heterocycles. The summed E-state index contributed by atoms with van der Waals surface area (Å²) in [6.45, 7) is 10.8. The van der Waals surface area contributed by atoms with Gasteiger partial charge in [0.25, 0.3) is 0 Å². The first-order valence-corrected chi connectivity index (χ1v) is 7.92. The number of aromatic nitrogens is 4. The molecule has 1 atom stereocenters. The second kappa shape index (κ2) is 6.02. The zero-order chi connectivity index (χ0) is 14.8. The van der Waals surface area contributed by atoms with Gasteiger partial charge < -0.3 is 4.57 Å². The Morgan fingerprint density at radius 2 is 2.14 bits per heavy atom. The van der Waals surface area contributed by atoms with E-state index < -0.39 is 0 Å². The second-order valence-electron chi connectivity index (χ2n) is 6.01. The van der Waals surface area contributed by atoms with Gasteiger partial charge in [-0.3, -0.25) is 9.58 Å². The number of hydrogen-bond donors (Lipinski definition) is 0. The molecule has 1 aliphatic rings. The number of nitrogens with zero attached hydrogens (tertiary/aromatic N) is 5. The average molecular weight is 287 g/mol. The summed E-state index contributed by atoms with van der Waals surface area (Å²) >= 11 is 0. The van der Waals surface area contributed by atoms with Crippen molar-refractivity contribution in [1.82, 2.24) is 24.2 Å².